The number of hydrogen-bond acceptors (Lipinski definition) is 4. The molecular weight excluding hydrogens is 385 g/mol. The van der Waals surface area contributed by atoms with Crippen LogP contribution in [0, 0.1) is 21.8 Å². The van der Waals surface area contributed by atoms with Crippen molar-refractivity contribution in [3.63, 3.8) is 0 Å². The van der Waals surface area contributed by atoms with Gasteiger partial charge in [0.15, 0.2) is 0 Å². The van der Waals surface area contributed by atoms with E-state index in [4.69, 9.17) is 0 Å². The predicted octanol–water partition coefficient (Wildman–Crippen LogP) is 4.21. The number of likely N-dealkylation sites (tertiary alicyclic amines) is 1. The Hall–Kier alpha value is -2.80. The Kier molecular flexibility index (Phi) is 6.82. The molecule has 0 aromatic heterocycles. The summed E-state index contributed by atoms with van der Waals surface area (Å²) in [6, 6.07) is 13.4. The number of benzene rings is 2. The normalized spacial score (nSPS) is 19.2. The molecule has 0 radical (unpaired) electrons. The van der Waals surface area contributed by atoms with Crippen molar-refractivity contribution in [3.8, 4) is 0 Å². The lowest BCUT2D eigenvalue weighted by Gasteiger charge is -2.30. The molecule has 3 rings (SSSR count). The van der Waals surface area contributed by atoms with E-state index in [1.54, 1.807) is 31.2 Å². The SMILES string of the molecule is CC(=O)N(C[C@H]1CN(Cc2ccccc2[N+](=O)[O-])C[C@H]1c1ccc(F)cc1)C(C)C. The van der Waals surface area contributed by atoms with Crippen LogP contribution in [0.5, 0.6) is 0 Å². The molecule has 1 heterocycles. The maximum absolute atomic E-state index is 13.4. The molecule has 7 heteroatoms. The molecular formula is C23H28FN3O3. The molecule has 0 spiro atoms. The van der Waals surface area contributed by atoms with Crippen LogP contribution >= 0.6 is 0 Å². The number of rotatable bonds is 7. The molecule has 1 aliphatic heterocycles. The van der Waals surface area contributed by atoms with Gasteiger partial charge in [-0.25, -0.2) is 4.39 Å². The first-order chi connectivity index (χ1) is 14.3. The van der Waals surface area contributed by atoms with E-state index in [2.05, 4.69) is 4.90 Å². The zero-order valence-electron chi connectivity index (χ0n) is 17.6. The van der Waals surface area contributed by atoms with Gasteiger partial charge in [0.05, 0.1) is 4.92 Å². The van der Waals surface area contributed by atoms with Crippen molar-refractivity contribution in [3.05, 3.63) is 75.6 Å². The number of halogens is 1. The van der Waals surface area contributed by atoms with Crippen LogP contribution in [0.25, 0.3) is 0 Å². The van der Waals surface area contributed by atoms with E-state index in [1.165, 1.54) is 18.2 Å². The fourth-order valence-corrected chi connectivity index (χ4v) is 4.38. The minimum Gasteiger partial charge on any atom is -0.340 e. The molecule has 0 N–H and O–H groups in total. The Morgan fingerprint density at radius 2 is 1.87 bits per heavy atom. The van der Waals surface area contributed by atoms with Crippen LogP contribution in [-0.4, -0.2) is 46.3 Å². The highest BCUT2D eigenvalue weighted by Crippen LogP contribution is 2.35. The molecule has 160 valence electrons. The summed E-state index contributed by atoms with van der Waals surface area (Å²) in [7, 11) is 0. The van der Waals surface area contributed by atoms with Crippen molar-refractivity contribution in [1.29, 1.82) is 0 Å². The maximum atomic E-state index is 13.4. The summed E-state index contributed by atoms with van der Waals surface area (Å²) in [5, 5.41) is 11.4. The summed E-state index contributed by atoms with van der Waals surface area (Å²) in [5.74, 6) is 0.0242. The lowest BCUT2D eigenvalue weighted by atomic mass is 9.88. The topological polar surface area (TPSA) is 66.7 Å². The van der Waals surface area contributed by atoms with Crippen LogP contribution in [0.2, 0.25) is 0 Å². The minimum atomic E-state index is -0.351. The first kappa shape index (κ1) is 21.9. The Labute approximate surface area is 176 Å². The van der Waals surface area contributed by atoms with Gasteiger partial charge in [0.25, 0.3) is 5.69 Å². The van der Waals surface area contributed by atoms with E-state index >= 15 is 0 Å². The number of hydrogen-bond donors (Lipinski definition) is 0. The van der Waals surface area contributed by atoms with Crippen molar-refractivity contribution in [2.45, 2.75) is 39.3 Å². The van der Waals surface area contributed by atoms with Gasteiger partial charge in [0, 0.05) is 56.7 Å². The molecule has 0 unspecified atom stereocenters. The Bertz CT molecular complexity index is 901. The number of carbonyl (C=O) groups excluding carboxylic acids is 1. The summed E-state index contributed by atoms with van der Waals surface area (Å²) >= 11 is 0. The van der Waals surface area contributed by atoms with Gasteiger partial charge >= 0.3 is 0 Å². The summed E-state index contributed by atoms with van der Waals surface area (Å²) in [5.41, 5.74) is 1.82. The quantitative estimate of drug-likeness (QED) is 0.504. The van der Waals surface area contributed by atoms with Crippen molar-refractivity contribution in [2.24, 2.45) is 5.92 Å². The molecule has 0 bridgehead atoms. The van der Waals surface area contributed by atoms with Gasteiger partial charge < -0.3 is 4.90 Å². The highest BCUT2D eigenvalue weighted by molar-refractivity contribution is 5.73. The number of amides is 1. The summed E-state index contributed by atoms with van der Waals surface area (Å²) in [6.45, 7) is 8.04. The third-order valence-corrected chi connectivity index (χ3v) is 5.86. The van der Waals surface area contributed by atoms with Gasteiger partial charge in [-0.05, 0) is 37.5 Å². The second kappa shape index (κ2) is 9.34. The van der Waals surface area contributed by atoms with Gasteiger partial charge in [-0.15, -0.1) is 0 Å². The van der Waals surface area contributed by atoms with E-state index in [0.29, 0.717) is 31.7 Å². The third-order valence-electron chi connectivity index (χ3n) is 5.86. The van der Waals surface area contributed by atoms with Gasteiger partial charge in [0.1, 0.15) is 5.82 Å². The molecule has 1 fully saturated rings. The Morgan fingerprint density at radius 1 is 1.20 bits per heavy atom. The van der Waals surface area contributed by atoms with Crippen molar-refractivity contribution < 1.29 is 14.1 Å². The highest BCUT2D eigenvalue weighted by atomic mass is 19.1. The number of nitro groups is 1. The molecule has 30 heavy (non-hydrogen) atoms. The van der Waals surface area contributed by atoms with Crippen molar-refractivity contribution in [2.75, 3.05) is 19.6 Å². The molecule has 1 aliphatic rings. The first-order valence-electron chi connectivity index (χ1n) is 10.2. The molecule has 1 saturated heterocycles. The zero-order valence-corrected chi connectivity index (χ0v) is 17.6. The number of carbonyl (C=O) groups is 1. The lowest BCUT2D eigenvalue weighted by molar-refractivity contribution is -0.385. The smallest absolute Gasteiger partial charge is 0.273 e. The van der Waals surface area contributed by atoms with Crippen molar-refractivity contribution >= 4 is 11.6 Å². The molecule has 6 nitrogen and oxygen atoms in total. The monoisotopic (exact) mass is 413 g/mol. The van der Waals surface area contributed by atoms with E-state index in [1.807, 2.05) is 24.8 Å². The fraction of sp³-hybridized carbons (Fsp3) is 0.435. The maximum Gasteiger partial charge on any atom is 0.273 e. The van der Waals surface area contributed by atoms with Crippen LogP contribution in [0.15, 0.2) is 48.5 Å². The molecule has 2 aromatic rings. The zero-order chi connectivity index (χ0) is 21.8. The number of para-hydroxylation sites is 1. The standard InChI is InChI=1S/C23H28FN3O3/c1-16(2)26(17(3)28)14-20-13-25(12-19-6-4-5-7-23(19)27(29)30)15-22(20)18-8-10-21(24)11-9-18/h4-11,16,20,22H,12-15H2,1-3H3/t20-,22+/m1/s1. The number of nitro benzene ring substituents is 1. The van der Waals surface area contributed by atoms with Gasteiger partial charge in [-0.2, -0.15) is 0 Å². The first-order valence-corrected chi connectivity index (χ1v) is 10.2. The molecule has 1 amide bonds. The fourth-order valence-electron chi connectivity index (χ4n) is 4.38. The second-order valence-corrected chi connectivity index (χ2v) is 8.26. The molecule has 2 atom stereocenters. The average molecular weight is 413 g/mol. The molecule has 0 saturated carbocycles. The van der Waals surface area contributed by atoms with Crippen LogP contribution in [0.4, 0.5) is 10.1 Å². The molecule has 0 aliphatic carbocycles. The lowest BCUT2D eigenvalue weighted by Crippen LogP contribution is -2.40. The van der Waals surface area contributed by atoms with Crippen LogP contribution < -0.4 is 0 Å². The van der Waals surface area contributed by atoms with Crippen molar-refractivity contribution in [1.82, 2.24) is 9.80 Å². The van der Waals surface area contributed by atoms with Gasteiger partial charge in [0.2, 0.25) is 5.91 Å². The summed E-state index contributed by atoms with van der Waals surface area (Å²) < 4.78 is 13.4. The van der Waals surface area contributed by atoms with Gasteiger partial charge in [-0.1, -0.05) is 30.3 Å². The second-order valence-electron chi connectivity index (χ2n) is 8.26. The van der Waals surface area contributed by atoms with E-state index < -0.39 is 0 Å². The Morgan fingerprint density at radius 3 is 2.47 bits per heavy atom. The highest BCUT2D eigenvalue weighted by Gasteiger charge is 2.36. The van der Waals surface area contributed by atoms with Crippen LogP contribution in [-0.2, 0) is 11.3 Å². The summed E-state index contributed by atoms with van der Waals surface area (Å²) in [6.07, 6.45) is 0. The third kappa shape index (κ3) is 5.02. The van der Waals surface area contributed by atoms with E-state index in [9.17, 15) is 19.3 Å². The molecule has 2 aromatic carbocycles. The van der Waals surface area contributed by atoms with E-state index in [-0.39, 0.29) is 40.2 Å². The van der Waals surface area contributed by atoms with Crippen LogP contribution in [0.1, 0.15) is 37.8 Å². The predicted molar refractivity (Wildman–Crippen MR) is 114 cm³/mol. The van der Waals surface area contributed by atoms with Crippen LogP contribution in [0.3, 0.4) is 0 Å². The minimum absolute atomic E-state index is 0.0278. The van der Waals surface area contributed by atoms with Gasteiger partial charge in [-0.3, -0.25) is 19.8 Å². The average Bonchev–Trinajstić information content (AvgIpc) is 3.08. The van der Waals surface area contributed by atoms with E-state index in [0.717, 1.165) is 5.56 Å². The number of nitrogens with zero attached hydrogens (tertiary/aromatic N) is 3. The largest absolute Gasteiger partial charge is 0.340 e. The Balaban J connectivity index is 1.85. The summed E-state index contributed by atoms with van der Waals surface area (Å²) in [4.78, 5) is 27.2.